The minimum absolute atomic E-state index is 0.00583. The highest BCUT2D eigenvalue weighted by Crippen LogP contribution is 2.17. The summed E-state index contributed by atoms with van der Waals surface area (Å²) >= 11 is 0. The van der Waals surface area contributed by atoms with Crippen molar-refractivity contribution in [3.05, 3.63) is 24.2 Å². The average Bonchev–Trinajstić information content (AvgIpc) is 2.79. The summed E-state index contributed by atoms with van der Waals surface area (Å²) < 4.78 is 10.6. The Morgan fingerprint density at radius 1 is 1.53 bits per heavy atom. The molecule has 4 atom stereocenters. The number of carbonyl (C=O) groups excluding carboxylic acids is 1. The molecule has 2 heterocycles. The number of nitrogens with one attached hydrogen (secondary N) is 1. The average molecular weight is 238 g/mol. The molecule has 2 rings (SSSR count). The zero-order valence-electron chi connectivity index (χ0n) is 10.6. The summed E-state index contributed by atoms with van der Waals surface area (Å²) in [6.45, 7) is 5.36. The first-order valence-corrected chi connectivity index (χ1v) is 6.14. The third-order valence-corrected chi connectivity index (χ3v) is 3.69. The van der Waals surface area contributed by atoms with Crippen LogP contribution in [0.15, 0.2) is 22.8 Å². The molecule has 0 aromatic carbocycles. The molecule has 1 aromatic heterocycles. The quantitative estimate of drug-likeness (QED) is 0.773. The number of likely N-dealkylation sites (tertiary alicyclic amines) is 1. The number of furan rings is 1. The van der Waals surface area contributed by atoms with E-state index in [0.29, 0.717) is 12.0 Å². The van der Waals surface area contributed by atoms with E-state index < -0.39 is 0 Å². The fourth-order valence-electron chi connectivity index (χ4n) is 2.38. The van der Waals surface area contributed by atoms with Gasteiger partial charge in [-0.25, -0.2) is 4.79 Å². The number of piperidine rings is 1. The highest BCUT2D eigenvalue weighted by atomic mass is 16.6. The molecule has 0 bridgehead atoms. The predicted octanol–water partition coefficient (Wildman–Crippen LogP) is 0.748. The molecule has 0 radical (unpaired) electrons. The van der Waals surface area contributed by atoms with Gasteiger partial charge in [0.15, 0.2) is 0 Å². The molecule has 4 heteroatoms. The summed E-state index contributed by atoms with van der Waals surface area (Å²) in [6.07, 6.45) is 2.41. The second-order valence-electron chi connectivity index (χ2n) is 5.09. The lowest BCUT2D eigenvalue weighted by Crippen LogP contribution is -3.14. The van der Waals surface area contributed by atoms with Crippen LogP contribution in [0.5, 0.6) is 0 Å². The summed E-state index contributed by atoms with van der Waals surface area (Å²) in [4.78, 5) is 13.3. The lowest BCUT2D eigenvalue weighted by molar-refractivity contribution is -0.914. The Kier molecular flexibility index (Phi) is 3.52. The fraction of sp³-hybridized carbons (Fsp3) is 0.615. The van der Waals surface area contributed by atoms with E-state index in [0.717, 1.165) is 13.0 Å². The normalized spacial score (nSPS) is 33.4. The Labute approximate surface area is 102 Å². The number of carbonyl (C=O) groups is 1. The molecule has 1 aromatic rings. The lowest BCUT2D eigenvalue weighted by atomic mass is 9.92. The van der Waals surface area contributed by atoms with Crippen molar-refractivity contribution in [1.82, 2.24) is 0 Å². The van der Waals surface area contributed by atoms with Crippen LogP contribution in [0.2, 0.25) is 0 Å². The third-order valence-electron chi connectivity index (χ3n) is 3.69. The van der Waals surface area contributed by atoms with Gasteiger partial charge >= 0.3 is 5.97 Å². The maximum Gasteiger partial charge on any atom is 0.374 e. The Hall–Kier alpha value is -1.29. The van der Waals surface area contributed by atoms with E-state index >= 15 is 0 Å². The standard InChI is InChI=1S/C13H19NO3/c1-9-8-14(3)10(2)7-12(9)17-13(15)11-5-4-6-16-11/h4-6,9-10,12H,7-8H2,1-3H3/p+1/t9-,10+,12+/m1/s1. The van der Waals surface area contributed by atoms with Crippen LogP contribution < -0.4 is 4.90 Å². The SMILES string of the molecule is C[C@@H]1C[NH+](C)[C@@H](C)C[C@@H]1OC(=O)c1ccco1. The molecular formula is C13H20NO3+. The molecule has 1 aliphatic rings. The van der Waals surface area contributed by atoms with E-state index in [-0.39, 0.29) is 17.8 Å². The topological polar surface area (TPSA) is 43.9 Å². The number of hydrogen-bond acceptors (Lipinski definition) is 3. The van der Waals surface area contributed by atoms with Crippen LogP contribution in [0.4, 0.5) is 0 Å². The zero-order valence-corrected chi connectivity index (χ0v) is 10.6. The molecular weight excluding hydrogens is 218 g/mol. The maximum atomic E-state index is 11.8. The van der Waals surface area contributed by atoms with E-state index in [1.54, 1.807) is 12.1 Å². The van der Waals surface area contributed by atoms with Gasteiger partial charge in [0.25, 0.3) is 0 Å². The van der Waals surface area contributed by atoms with Crippen LogP contribution in [0.25, 0.3) is 0 Å². The van der Waals surface area contributed by atoms with Gasteiger partial charge in [-0.1, -0.05) is 6.92 Å². The van der Waals surface area contributed by atoms with Crippen molar-refractivity contribution in [2.24, 2.45) is 5.92 Å². The van der Waals surface area contributed by atoms with E-state index in [2.05, 4.69) is 20.9 Å². The third kappa shape index (κ3) is 2.69. The van der Waals surface area contributed by atoms with Gasteiger partial charge < -0.3 is 14.1 Å². The van der Waals surface area contributed by atoms with Crippen molar-refractivity contribution >= 4 is 5.97 Å². The first kappa shape index (κ1) is 12.2. The molecule has 0 spiro atoms. The second kappa shape index (κ2) is 4.92. The molecule has 4 nitrogen and oxygen atoms in total. The number of quaternary nitrogens is 1. The molecule has 1 unspecified atom stereocenters. The smallest absolute Gasteiger partial charge is 0.374 e. The van der Waals surface area contributed by atoms with Crippen molar-refractivity contribution in [3.8, 4) is 0 Å². The number of ether oxygens (including phenoxy) is 1. The number of hydrogen-bond donors (Lipinski definition) is 1. The van der Waals surface area contributed by atoms with Crippen LogP contribution in [-0.4, -0.2) is 31.7 Å². The first-order chi connectivity index (χ1) is 8.08. The monoisotopic (exact) mass is 238 g/mol. The molecule has 0 amide bonds. The molecule has 17 heavy (non-hydrogen) atoms. The lowest BCUT2D eigenvalue weighted by Gasteiger charge is -2.36. The fourth-order valence-corrected chi connectivity index (χ4v) is 2.38. The van der Waals surface area contributed by atoms with Gasteiger partial charge in [-0.05, 0) is 19.1 Å². The van der Waals surface area contributed by atoms with Crippen LogP contribution in [-0.2, 0) is 4.74 Å². The molecule has 1 aliphatic heterocycles. The van der Waals surface area contributed by atoms with Crippen molar-refractivity contribution in [2.45, 2.75) is 32.4 Å². The summed E-state index contributed by atoms with van der Waals surface area (Å²) in [5, 5.41) is 0. The van der Waals surface area contributed by atoms with Crippen LogP contribution in [0, 0.1) is 5.92 Å². The van der Waals surface area contributed by atoms with Gasteiger partial charge in [0.2, 0.25) is 5.76 Å². The van der Waals surface area contributed by atoms with E-state index in [1.807, 2.05) is 0 Å². The van der Waals surface area contributed by atoms with Gasteiger partial charge in [0.05, 0.1) is 25.9 Å². The molecule has 94 valence electrons. The predicted molar refractivity (Wildman–Crippen MR) is 62.9 cm³/mol. The second-order valence-corrected chi connectivity index (χ2v) is 5.09. The number of rotatable bonds is 2. The Bertz CT molecular complexity index is 374. The largest absolute Gasteiger partial charge is 0.457 e. The summed E-state index contributed by atoms with van der Waals surface area (Å²) in [7, 11) is 2.19. The minimum Gasteiger partial charge on any atom is -0.457 e. The summed E-state index contributed by atoms with van der Waals surface area (Å²) in [5.74, 6) is 0.333. The van der Waals surface area contributed by atoms with Crippen molar-refractivity contribution in [3.63, 3.8) is 0 Å². The Morgan fingerprint density at radius 2 is 2.29 bits per heavy atom. The van der Waals surface area contributed by atoms with Crippen molar-refractivity contribution < 1.29 is 18.8 Å². The molecule has 0 saturated carbocycles. The molecule has 0 aliphatic carbocycles. The zero-order chi connectivity index (χ0) is 12.4. The van der Waals surface area contributed by atoms with E-state index in [4.69, 9.17) is 9.15 Å². The molecule has 1 fully saturated rings. The summed E-state index contributed by atoms with van der Waals surface area (Å²) in [6, 6.07) is 3.86. The van der Waals surface area contributed by atoms with Gasteiger partial charge in [-0.15, -0.1) is 0 Å². The highest BCUT2D eigenvalue weighted by molar-refractivity contribution is 5.86. The van der Waals surface area contributed by atoms with E-state index in [9.17, 15) is 4.79 Å². The molecule has 1 saturated heterocycles. The van der Waals surface area contributed by atoms with E-state index in [1.165, 1.54) is 11.2 Å². The Balaban J connectivity index is 1.97. The van der Waals surface area contributed by atoms with Crippen LogP contribution in [0.1, 0.15) is 30.8 Å². The van der Waals surface area contributed by atoms with Crippen LogP contribution in [0.3, 0.4) is 0 Å². The maximum absolute atomic E-state index is 11.8. The number of esters is 1. The first-order valence-electron chi connectivity index (χ1n) is 6.14. The van der Waals surface area contributed by atoms with Crippen molar-refractivity contribution in [2.75, 3.05) is 13.6 Å². The molecule has 1 N–H and O–H groups in total. The highest BCUT2D eigenvalue weighted by Gasteiger charge is 2.34. The van der Waals surface area contributed by atoms with Gasteiger partial charge in [0.1, 0.15) is 6.10 Å². The van der Waals surface area contributed by atoms with Gasteiger partial charge in [0, 0.05) is 12.3 Å². The summed E-state index contributed by atoms with van der Waals surface area (Å²) in [5.41, 5.74) is 0. The van der Waals surface area contributed by atoms with Gasteiger partial charge in [-0.3, -0.25) is 0 Å². The Morgan fingerprint density at radius 3 is 2.94 bits per heavy atom. The minimum atomic E-state index is -0.349. The van der Waals surface area contributed by atoms with Crippen molar-refractivity contribution in [1.29, 1.82) is 0 Å². The van der Waals surface area contributed by atoms with Gasteiger partial charge in [-0.2, -0.15) is 0 Å². The van der Waals surface area contributed by atoms with Crippen LogP contribution >= 0.6 is 0 Å².